The molecule has 0 unspecified atom stereocenters. The van der Waals surface area contributed by atoms with E-state index in [1.165, 1.54) is 12.8 Å². The van der Waals surface area contributed by atoms with E-state index in [1.54, 1.807) is 0 Å². The first-order chi connectivity index (χ1) is 6.00. The molecule has 0 spiro atoms. The lowest BCUT2D eigenvalue weighted by Crippen LogP contribution is -1.70. The Morgan fingerprint density at radius 3 is 2.58 bits per heavy atom. The largest absolute Gasteiger partial charge is 0.0845 e. The Labute approximate surface area is 75.0 Å². The molecule has 1 rings (SSSR count). The van der Waals surface area contributed by atoms with Crippen molar-refractivity contribution in [3.63, 3.8) is 0 Å². The van der Waals surface area contributed by atoms with Crippen LogP contribution in [0.25, 0.3) is 0 Å². The zero-order chi connectivity index (χ0) is 8.49. The lowest BCUT2D eigenvalue weighted by atomic mass is 10.2. The zero-order valence-corrected chi connectivity index (χ0v) is 7.37. The second-order valence-corrected chi connectivity index (χ2v) is 2.78. The van der Waals surface area contributed by atoms with Gasteiger partial charge in [-0.25, -0.2) is 0 Å². The van der Waals surface area contributed by atoms with Crippen molar-refractivity contribution in [2.45, 2.75) is 25.7 Å². The third-order valence-electron chi connectivity index (χ3n) is 1.70. The van der Waals surface area contributed by atoms with E-state index in [0.717, 1.165) is 12.8 Å². The van der Waals surface area contributed by atoms with Crippen molar-refractivity contribution in [1.29, 1.82) is 0 Å². The van der Waals surface area contributed by atoms with Crippen molar-refractivity contribution in [3.05, 3.63) is 48.6 Å². The number of hydrogen-bond donors (Lipinski definition) is 0. The molecule has 1 radical (unpaired) electrons. The predicted molar refractivity (Wildman–Crippen MR) is 53.7 cm³/mol. The van der Waals surface area contributed by atoms with E-state index in [2.05, 4.69) is 48.6 Å². The molecule has 1 aliphatic rings. The van der Waals surface area contributed by atoms with Crippen molar-refractivity contribution in [3.8, 4) is 0 Å². The van der Waals surface area contributed by atoms with Gasteiger partial charge in [0.15, 0.2) is 0 Å². The number of rotatable bonds is 0. The highest BCUT2D eigenvalue weighted by atomic mass is 13.9. The molecule has 0 bridgehead atoms. The first-order valence-corrected chi connectivity index (χ1v) is 4.53. The third-order valence-corrected chi connectivity index (χ3v) is 1.70. The number of allylic oxidation sites excluding steroid dienone is 8. The van der Waals surface area contributed by atoms with Crippen molar-refractivity contribution in [2.75, 3.05) is 0 Å². The molecule has 0 heteroatoms. The molecular formula is C12H15. The summed E-state index contributed by atoms with van der Waals surface area (Å²) in [6.07, 6.45) is 22.5. The van der Waals surface area contributed by atoms with Crippen LogP contribution in [0.3, 0.4) is 0 Å². The second kappa shape index (κ2) is 6.66. The zero-order valence-electron chi connectivity index (χ0n) is 7.37. The summed E-state index contributed by atoms with van der Waals surface area (Å²) in [4.78, 5) is 0. The van der Waals surface area contributed by atoms with Crippen LogP contribution in [-0.2, 0) is 0 Å². The van der Waals surface area contributed by atoms with E-state index in [1.807, 2.05) is 0 Å². The number of hydrogen-bond acceptors (Lipinski definition) is 0. The van der Waals surface area contributed by atoms with Gasteiger partial charge < -0.3 is 0 Å². The van der Waals surface area contributed by atoms with Gasteiger partial charge >= 0.3 is 0 Å². The molecule has 0 saturated heterocycles. The third kappa shape index (κ3) is 4.73. The van der Waals surface area contributed by atoms with Crippen molar-refractivity contribution in [2.24, 2.45) is 0 Å². The van der Waals surface area contributed by atoms with Crippen LogP contribution in [0.1, 0.15) is 25.7 Å². The van der Waals surface area contributed by atoms with Gasteiger partial charge in [0.25, 0.3) is 0 Å². The Kier molecular flexibility index (Phi) is 5.02. The summed E-state index contributed by atoms with van der Waals surface area (Å²) in [6, 6.07) is 0. The van der Waals surface area contributed by atoms with Crippen LogP contribution in [0, 0.1) is 6.08 Å². The summed E-state index contributed by atoms with van der Waals surface area (Å²) in [5.41, 5.74) is 0. The highest BCUT2D eigenvalue weighted by Gasteiger charge is 1.80. The van der Waals surface area contributed by atoms with E-state index >= 15 is 0 Å². The summed E-state index contributed by atoms with van der Waals surface area (Å²) in [5.74, 6) is 0. The monoisotopic (exact) mass is 159 g/mol. The highest BCUT2D eigenvalue weighted by molar-refractivity contribution is 5.11. The average Bonchev–Trinajstić information content (AvgIpc) is 2.05. The van der Waals surface area contributed by atoms with Crippen molar-refractivity contribution < 1.29 is 0 Å². The highest BCUT2D eigenvalue weighted by Crippen LogP contribution is 1.99. The van der Waals surface area contributed by atoms with E-state index in [4.69, 9.17) is 0 Å². The van der Waals surface area contributed by atoms with Crippen LogP contribution in [0.2, 0.25) is 0 Å². The minimum Gasteiger partial charge on any atom is -0.0845 e. The van der Waals surface area contributed by atoms with E-state index in [0.29, 0.717) is 0 Å². The average molecular weight is 159 g/mol. The maximum Gasteiger partial charge on any atom is -0.00948 e. The molecular weight excluding hydrogens is 144 g/mol. The minimum absolute atomic E-state index is 0.939. The molecule has 0 aromatic rings. The van der Waals surface area contributed by atoms with Gasteiger partial charge in [-0.2, -0.15) is 0 Å². The van der Waals surface area contributed by atoms with E-state index in [-0.39, 0.29) is 0 Å². The Bertz CT molecular complexity index is 204. The maximum absolute atomic E-state index is 3.23. The molecule has 0 heterocycles. The molecule has 0 aromatic heterocycles. The Balaban J connectivity index is 2.42. The Hall–Kier alpha value is -1.04. The fourth-order valence-corrected chi connectivity index (χ4v) is 1.04. The molecule has 0 atom stereocenters. The Morgan fingerprint density at radius 2 is 1.67 bits per heavy atom. The summed E-state index contributed by atoms with van der Waals surface area (Å²) < 4.78 is 0. The molecule has 0 fully saturated rings. The maximum atomic E-state index is 3.23. The van der Waals surface area contributed by atoms with Gasteiger partial charge in [-0.05, 0) is 31.8 Å². The van der Waals surface area contributed by atoms with Crippen molar-refractivity contribution in [1.82, 2.24) is 0 Å². The quantitative estimate of drug-likeness (QED) is 0.506. The topological polar surface area (TPSA) is 0 Å². The molecule has 1 aliphatic carbocycles. The minimum atomic E-state index is 0.939. The fraction of sp³-hybridized carbons (Fsp3) is 0.333. The first-order valence-electron chi connectivity index (χ1n) is 4.53. The van der Waals surface area contributed by atoms with Gasteiger partial charge in [-0.1, -0.05) is 42.5 Å². The smallest absolute Gasteiger partial charge is 0.00948 e. The van der Waals surface area contributed by atoms with Gasteiger partial charge in [0.05, 0.1) is 0 Å². The van der Waals surface area contributed by atoms with E-state index in [9.17, 15) is 0 Å². The molecule has 0 saturated carbocycles. The standard InChI is InChI=1S/C12H15/c1-2-4-6-8-10-12-11-9-7-5-3-1/h1-6,12H,7-9,11H2/b2-1+,5-3-,6-4-,12-10?. The van der Waals surface area contributed by atoms with Crippen LogP contribution in [0.15, 0.2) is 42.5 Å². The van der Waals surface area contributed by atoms with Crippen molar-refractivity contribution >= 4 is 0 Å². The second-order valence-electron chi connectivity index (χ2n) is 2.78. The van der Waals surface area contributed by atoms with Crippen LogP contribution < -0.4 is 0 Å². The van der Waals surface area contributed by atoms with Crippen LogP contribution in [0.5, 0.6) is 0 Å². The van der Waals surface area contributed by atoms with Crippen LogP contribution in [0.4, 0.5) is 0 Å². The van der Waals surface area contributed by atoms with Crippen LogP contribution in [-0.4, -0.2) is 0 Å². The summed E-state index contributed by atoms with van der Waals surface area (Å²) in [6.45, 7) is 0. The molecule has 0 N–H and O–H groups in total. The molecule has 0 aromatic carbocycles. The lowest BCUT2D eigenvalue weighted by molar-refractivity contribution is 0.864. The van der Waals surface area contributed by atoms with Gasteiger partial charge in [-0.15, -0.1) is 0 Å². The summed E-state index contributed by atoms with van der Waals surface area (Å²) in [5, 5.41) is 0. The molecule has 0 nitrogen and oxygen atoms in total. The predicted octanol–water partition coefficient (Wildman–Crippen LogP) is 3.59. The Morgan fingerprint density at radius 1 is 0.833 bits per heavy atom. The fourth-order valence-electron chi connectivity index (χ4n) is 1.04. The molecule has 63 valence electrons. The van der Waals surface area contributed by atoms with Gasteiger partial charge in [0.2, 0.25) is 0 Å². The van der Waals surface area contributed by atoms with E-state index < -0.39 is 0 Å². The molecule has 12 heavy (non-hydrogen) atoms. The lowest BCUT2D eigenvalue weighted by Gasteiger charge is -1.89. The van der Waals surface area contributed by atoms with Gasteiger partial charge in [0, 0.05) is 0 Å². The van der Waals surface area contributed by atoms with Gasteiger partial charge in [0.1, 0.15) is 0 Å². The summed E-state index contributed by atoms with van der Waals surface area (Å²) in [7, 11) is 0. The molecule has 0 aliphatic heterocycles. The summed E-state index contributed by atoms with van der Waals surface area (Å²) >= 11 is 0. The first kappa shape index (κ1) is 9.05. The molecule has 0 amide bonds. The SMILES string of the molecule is [C]1=C\CCC\C=C/C=C/C=C\C/1. The normalized spacial score (nSPS) is 29.3. The van der Waals surface area contributed by atoms with Gasteiger partial charge in [-0.3, -0.25) is 0 Å². The van der Waals surface area contributed by atoms with Crippen LogP contribution >= 0.6 is 0 Å².